The Bertz CT molecular complexity index is 771. The molecule has 2 aliphatic rings. The normalized spacial score (nSPS) is 19.9. The number of aromatic nitrogens is 3. The molecule has 26 heavy (non-hydrogen) atoms. The third-order valence-electron chi connectivity index (χ3n) is 4.98. The van der Waals surface area contributed by atoms with Gasteiger partial charge in [0.15, 0.2) is 5.69 Å². The highest BCUT2D eigenvalue weighted by Crippen LogP contribution is 2.23. The number of aryl methyl sites for hydroxylation is 1. The summed E-state index contributed by atoms with van der Waals surface area (Å²) >= 11 is 0. The largest absolute Gasteiger partial charge is 0.381 e. The minimum absolute atomic E-state index is 0.103. The lowest BCUT2D eigenvalue weighted by molar-refractivity contribution is 0.0752. The van der Waals surface area contributed by atoms with Crippen molar-refractivity contribution in [2.45, 2.75) is 26.2 Å². The van der Waals surface area contributed by atoms with Gasteiger partial charge in [0.25, 0.3) is 5.91 Å². The zero-order valence-corrected chi connectivity index (χ0v) is 14.9. The van der Waals surface area contributed by atoms with Gasteiger partial charge in [0.2, 0.25) is 0 Å². The molecule has 4 heterocycles. The first-order valence-electron chi connectivity index (χ1n) is 9.08. The standard InChI is InChI=1S/C18H23N5O3/c1-12-20-15-3-7-23(18(24)16-5-9-26-22-16)6-2-14(15)17(21-12)19-10-13-4-8-25-11-13/h5,9,13H,2-4,6-8,10-11H2,1H3,(H,19,20,21). The molecule has 1 saturated heterocycles. The van der Waals surface area contributed by atoms with Crippen molar-refractivity contribution in [2.24, 2.45) is 5.92 Å². The third-order valence-corrected chi connectivity index (χ3v) is 4.98. The summed E-state index contributed by atoms with van der Waals surface area (Å²) in [6.45, 7) is 5.64. The number of carbonyl (C=O) groups is 1. The molecule has 0 saturated carbocycles. The van der Waals surface area contributed by atoms with Gasteiger partial charge in [-0.25, -0.2) is 9.97 Å². The molecule has 0 bridgehead atoms. The summed E-state index contributed by atoms with van der Waals surface area (Å²) in [5, 5.41) is 7.25. The van der Waals surface area contributed by atoms with Crippen LogP contribution in [0.1, 0.15) is 34.0 Å². The first-order valence-corrected chi connectivity index (χ1v) is 9.08. The van der Waals surface area contributed by atoms with Crippen molar-refractivity contribution in [2.75, 3.05) is 38.2 Å². The molecule has 1 fully saturated rings. The van der Waals surface area contributed by atoms with E-state index in [1.54, 1.807) is 6.07 Å². The number of amides is 1. The van der Waals surface area contributed by atoms with Crippen LogP contribution in [0.5, 0.6) is 0 Å². The van der Waals surface area contributed by atoms with Crippen LogP contribution in [-0.2, 0) is 17.6 Å². The molecule has 2 aliphatic heterocycles. The van der Waals surface area contributed by atoms with Crippen LogP contribution in [0.15, 0.2) is 16.9 Å². The van der Waals surface area contributed by atoms with Crippen LogP contribution < -0.4 is 5.32 Å². The van der Waals surface area contributed by atoms with E-state index in [1.165, 1.54) is 6.26 Å². The summed E-state index contributed by atoms with van der Waals surface area (Å²) in [4.78, 5) is 23.6. The van der Waals surface area contributed by atoms with Crippen LogP contribution in [0.25, 0.3) is 0 Å². The van der Waals surface area contributed by atoms with Crippen LogP contribution >= 0.6 is 0 Å². The molecule has 0 aromatic carbocycles. The Kier molecular flexibility index (Phi) is 4.83. The van der Waals surface area contributed by atoms with E-state index in [4.69, 9.17) is 9.26 Å². The predicted molar refractivity (Wildman–Crippen MR) is 94.0 cm³/mol. The maximum atomic E-state index is 12.6. The highest BCUT2D eigenvalue weighted by Gasteiger charge is 2.25. The molecule has 0 spiro atoms. The number of anilines is 1. The van der Waals surface area contributed by atoms with Gasteiger partial charge in [-0.2, -0.15) is 0 Å². The van der Waals surface area contributed by atoms with Crippen molar-refractivity contribution in [1.82, 2.24) is 20.0 Å². The second kappa shape index (κ2) is 7.41. The van der Waals surface area contributed by atoms with E-state index >= 15 is 0 Å². The van der Waals surface area contributed by atoms with Crippen LogP contribution in [0.2, 0.25) is 0 Å². The molecule has 1 atom stereocenters. The summed E-state index contributed by atoms with van der Waals surface area (Å²) < 4.78 is 10.2. The summed E-state index contributed by atoms with van der Waals surface area (Å²) in [7, 11) is 0. The van der Waals surface area contributed by atoms with E-state index in [0.717, 1.165) is 55.5 Å². The number of rotatable bonds is 4. The maximum absolute atomic E-state index is 12.6. The van der Waals surface area contributed by atoms with Gasteiger partial charge in [0.1, 0.15) is 17.9 Å². The zero-order valence-electron chi connectivity index (χ0n) is 14.9. The van der Waals surface area contributed by atoms with Crippen molar-refractivity contribution in [3.8, 4) is 0 Å². The average Bonchev–Trinajstić information content (AvgIpc) is 3.30. The molecule has 8 nitrogen and oxygen atoms in total. The minimum atomic E-state index is -0.103. The van der Waals surface area contributed by atoms with Crippen molar-refractivity contribution in [3.63, 3.8) is 0 Å². The van der Waals surface area contributed by atoms with Gasteiger partial charge in [-0.3, -0.25) is 4.79 Å². The van der Waals surface area contributed by atoms with Gasteiger partial charge in [0.05, 0.1) is 12.3 Å². The molecule has 2 aromatic rings. The number of carbonyl (C=O) groups excluding carboxylic acids is 1. The Morgan fingerprint density at radius 1 is 1.35 bits per heavy atom. The quantitative estimate of drug-likeness (QED) is 0.885. The fourth-order valence-electron chi connectivity index (χ4n) is 3.54. The summed E-state index contributed by atoms with van der Waals surface area (Å²) in [6, 6.07) is 1.60. The van der Waals surface area contributed by atoms with Crippen molar-refractivity contribution < 1.29 is 14.1 Å². The van der Waals surface area contributed by atoms with E-state index in [0.29, 0.717) is 31.1 Å². The average molecular weight is 357 g/mol. The second-order valence-corrected chi connectivity index (χ2v) is 6.83. The van der Waals surface area contributed by atoms with Crippen LogP contribution in [0, 0.1) is 12.8 Å². The predicted octanol–water partition coefficient (Wildman–Crippen LogP) is 1.46. The molecular weight excluding hydrogens is 334 g/mol. The lowest BCUT2D eigenvalue weighted by Gasteiger charge is -2.18. The van der Waals surface area contributed by atoms with Gasteiger partial charge in [0, 0.05) is 50.2 Å². The first kappa shape index (κ1) is 17.0. The molecule has 1 unspecified atom stereocenters. The van der Waals surface area contributed by atoms with Gasteiger partial charge >= 0.3 is 0 Å². The summed E-state index contributed by atoms with van der Waals surface area (Å²) in [5.41, 5.74) is 2.49. The third kappa shape index (κ3) is 3.55. The second-order valence-electron chi connectivity index (χ2n) is 6.83. The lowest BCUT2D eigenvalue weighted by Crippen LogP contribution is -2.33. The topological polar surface area (TPSA) is 93.4 Å². The number of hydrogen-bond acceptors (Lipinski definition) is 7. The fourth-order valence-corrected chi connectivity index (χ4v) is 3.54. The highest BCUT2D eigenvalue weighted by molar-refractivity contribution is 5.92. The molecule has 4 rings (SSSR count). The number of hydrogen-bond donors (Lipinski definition) is 1. The molecular formula is C18H23N5O3. The Labute approximate surface area is 151 Å². The fraction of sp³-hybridized carbons (Fsp3) is 0.556. The smallest absolute Gasteiger partial charge is 0.276 e. The maximum Gasteiger partial charge on any atom is 0.276 e. The van der Waals surface area contributed by atoms with E-state index < -0.39 is 0 Å². The molecule has 1 amide bonds. The van der Waals surface area contributed by atoms with E-state index in [1.807, 2.05) is 11.8 Å². The molecule has 0 radical (unpaired) electrons. The van der Waals surface area contributed by atoms with Crippen molar-refractivity contribution in [3.05, 3.63) is 35.1 Å². The van der Waals surface area contributed by atoms with E-state index in [-0.39, 0.29) is 5.91 Å². The molecule has 2 aromatic heterocycles. The van der Waals surface area contributed by atoms with E-state index in [2.05, 4.69) is 20.4 Å². The van der Waals surface area contributed by atoms with Crippen LogP contribution in [0.3, 0.4) is 0 Å². The van der Waals surface area contributed by atoms with Gasteiger partial charge < -0.3 is 19.5 Å². The van der Waals surface area contributed by atoms with Gasteiger partial charge in [-0.15, -0.1) is 0 Å². The lowest BCUT2D eigenvalue weighted by atomic mass is 10.1. The monoisotopic (exact) mass is 357 g/mol. The highest BCUT2D eigenvalue weighted by atomic mass is 16.5. The van der Waals surface area contributed by atoms with E-state index in [9.17, 15) is 4.79 Å². The Morgan fingerprint density at radius 3 is 3.00 bits per heavy atom. The van der Waals surface area contributed by atoms with Crippen LogP contribution in [0.4, 0.5) is 5.82 Å². The summed E-state index contributed by atoms with van der Waals surface area (Å²) in [5.74, 6) is 2.08. The SMILES string of the molecule is Cc1nc2c(c(NCC3CCOC3)n1)CCN(C(=O)c1ccon1)CC2. The number of fused-ring (bicyclic) bond motifs is 1. The molecule has 8 heteroatoms. The van der Waals surface area contributed by atoms with Gasteiger partial charge in [-0.05, 0) is 19.8 Å². The molecule has 138 valence electrons. The number of ether oxygens (including phenoxy) is 1. The minimum Gasteiger partial charge on any atom is -0.381 e. The molecule has 1 N–H and O–H groups in total. The molecule has 0 aliphatic carbocycles. The Morgan fingerprint density at radius 2 is 2.23 bits per heavy atom. The first-order chi connectivity index (χ1) is 12.7. The van der Waals surface area contributed by atoms with Crippen LogP contribution in [-0.4, -0.2) is 58.8 Å². The summed E-state index contributed by atoms with van der Waals surface area (Å²) in [6.07, 6.45) is 3.94. The van der Waals surface area contributed by atoms with Gasteiger partial charge in [-0.1, -0.05) is 5.16 Å². The Balaban J connectivity index is 1.49. The Hall–Kier alpha value is -2.48. The zero-order chi connectivity index (χ0) is 17.9. The van der Waals surface area contributed by atoms with Crippen molar-refractivity contribution >= 4 is 11.7 Å². The van der Waals surface area contributed by atoms with Crippen molar-refractivity contribution in [1.29, 1.82) is 0 Å². The number of nitrogens with zero attached hydrogens (tertiary/aromatic N) is 4. The number of nitrogens with one attached hydrogen (secondary N) is 1.